The zero-order chi connectivity index (χ0) is 17.7. The average Bonchev–Trinajstić information content (AvgIpc) is 2.60. The molecule has 2 rings (SSSR count). The second kappa shape index (κ2) is 7.87. The Morgan fingerprint density at radius 3 is 2.38 bits per heavy atom. The van der Waals surface area contributed by atoms with Crippen molar-refractivity contribution in [2.75, 3.05) is 48.1 Å². The maximum atomic E-state index is 12.4. The monoisotopic (exact) mass is 338 g/mol. The highest BCUT2D eigenvalue weighted by molar-refractivity contribution is 5.95. The summed E-state index contributed by atoms with van der Waals surface area (Å²) in [4.78, 5) is 25.3. The Bertz CT molecular complexity index is 594. The lowest BCUT2D eigenvalue weighted by atomic mass is 10.1. The Kier molecular flexibility index (Phi) is 5.86. The fraction of sp³-hybridized carbons (Fsp3) is 0.500. The van der Waals surface area contributed by atoms with Crippen molar-refractivity contribution in [2.45, 2.75) is 6.10 Å². The first kappa shape index (κ1) is 17.9. The van der Waals surface area contributed by atoms with Crippen LogP contribution in [0.2, 0.25) is 0 Å². The minimum Gasteiger partial charge on any atom is -0.493 e. The van der Waals surface area contributed by atoms with Crippen LogP contribution in [0.15, 0.2) is 12.1 Å². The molecule has 0 radical (unpaired) electrons. The maximum Gasteiger partial charge on any atom is 0.251 e. The third-order valence-electron chi connectivity index (χ3n) is 3.76. The number of amides is 2. The number of nitrogens with zero attached hydrogens (tertiary/aromatic N) is 1. The summed E-state index contributed by atoms with van der Waals surface area (Å²) in [6, 6.07) is 3.15. The van der Waals surface area contributed by atoms with Gasteiger partial charge in [0.1, 0.15) is 6.61 Å². The molecule has 8 heteroatoms. The SMILES string of the molecule is COc1cc(C(=O)NCC2CN(C)C(=O)CO2)cc(OC)c1OC. The number of rotatable bonds is 6. The average molecular weight is 338 g/mol. The van der Waals surface area contributed by atoms with Crippen molar-refractivity contribution in [1.29, 1.82) is 0 Å². The van der Waals surface area contributed by atoms with Crippen LogP contribution in [0.3, 0.4) is 0 Å². The van der Waals surface area contributed by atoms with Gasteiger partial charge in [-0.1, -0.05) is 0 Å². The molecule has 1 saturated heterocycles. The third-order valence-corrected chi connectivity index (χ3v) is 3.76. The lowest BCUT2D eigenvalue weighted by Gasteiger charge is -2.29. The Balaban J connectivity index is 2.05. The molecule has 1 atom stereocenters. The molecule has 8 nitrogen and oxygen atoms in total. The van der Waals surface area contributed by atoms with E-state index in [0.29, 0.717) is 35.9 Å². The minimum atomic E-state index is -0.294. The van der Waals surface area contributed by atoms with E-state index in [1.807, 2.05) is 0 Å². The summed E-state index contributed by atoms with van der Waals surface area (Å²) in [5, 5.41) is 2.79. The van der Waals surface area contributed by atoms with E-state index in [-0.39, 0.29) is 24.5 Å². The summed E-state index contributed by atoms with van der Waals surface area (Å²) in [7, 11) is 6.18. The summed E-state index contributed by atoms with van der Waals surface area (Å²) in [5.74, 6) is 0.870. The Labute approximate surface area is 140 Å². The molecule has 1 aromatic carbocycles. The Hall–Kier alpha value is -2.48. The van der Waals surface area contributed by atoms with Gasteiger partial charge in [-0.05, 0) is 12.1 Å². The van der Waals surface area contributed by atoms with Crippen LogP contribution in [0.25, 0.3) is 0 Å². The van der Waals surface area contributed by atoms with Crippen molar-refractivity contribution in [1.82, 2.24) is 10.2 Å². The van der Waals surface area contributed by atoms with Crippen molar-refractivity contribution < 1.29 is 28.5 Å². The zero-order valence-electron chi connectivity index (χ0n) is 14.3. The van der Waals surface area contributed by atoms with Crippen LogP contribution in [0.1, 0.15) is 10.4 Å². The largest absolute Gasteiger partial charge is 0.493 e. The fourth-order valence-corrected chi connectivity index (χ4v) is 2.40. The minimum absolute atomic E-state index is 0.0290. The normalized spacial score (nSPS) is 17.4. The number of carbonyl (C=O) groups is 2. The number of methoxy groups -OCH3 is 3. The van der Waals surface area contributed by atoms with Crippen LogP contribution >= 0.6 is 0 Å². The van der Waals surface area contributed by atoms with E-state index >= 15 is 0 Å². The number of morpholine rings is 1. The molecule has 1 heterocycles. The molecule has 132 valence electrons. The smallest absolute Gasteiger partial charge is 0.251 e. The van der Waals surface area contributed by atoms with E-state index < -0.39 is 0 Å². The predicted octanol–water partition coefficient (Wildman–Crippen LogP) is 0.299. The van der Waals surface area contributed by atoms with Crippen LogP contribution in [-0.2, 0) is 9.53 Å². The summed E-state index contributed by atoms with van der Waals surface area (Å²) in [5.41, 5.74) is 0.379. The number of ether oxygens (including phenoxy) is 4. The van der Waals surface area contributed by atoms with Gasteiger partial charge in [-0.25, -0.2) is 0 Å². The standard InChI is InChI=1S/C16H22N2O6/c1-18-8-11(24-9-14(18)19)7-17-16(20)10-5-12(21-2)15(23-4)13(6-10)22-3/h5-6,11H,7-9H2,1-4H3,(H,17,20). The van der Waals surface area contributed by atoms with Gasteiger partial charge in [0, 0.05) is 25.7 Å². The predicted molar refractivity (Wildman–Crippen MR) is 85.8 cm³/mol. The van der Waals surface area contributed by atoms with Gasteiger partial charge in [0.15, 0.2) is 11.5 Å². The van der Waals surface area contributed by atoms with E-state index in [1.54, 1.807) is 24.1 Å². The third kappa shape index (κ3) is 3.88. The van der Waals surface area contributed by atoms with Gasteiger partial charge in [0.25, 0.3) is 5.91 Å². The van der Waals surface area contributed by atoms with Gasteiger partial charge in [0.05, 0.1) is 27.4 Å². The number of hydrogen-bond donors (Lipinski definition) is 1. The quantitative estimate of drug-likeness (QED) is 0.803. The van der Waals surface area contributed by atoms with Crippen molar-refractivity contribution >= 4 is 11.8 Å². The number of hydrogen-bond acceptors (Lipinski definition) is 6. The molecule has 2 amide bonds. The summed E-state index contributed by atoms with van der Waals surface area (Å²) < 4.78 is 21.1. The van der Waals surface area contributed by atoms with Crippen LogP contribution in [0, 0.1) is 0 Å². The van der Waals surface area contributed by atoms with Crippen LogP contribution in [-0.4, -0.2) is 70.9 Å². The van der Waals surface area contributed by atoms with Gasteiger partial charge in [0.2, 0.25) is 11.7 Å². The highest BCUT2D eigenvalue weighted by Crippen LogP contribution is 2.38. The van der Waals surface area contributed by atoms with E-state index in [1.165, 1.54) is 21.3 Å². The number of carbonyl (C=O) groups excluding carboxylic acids is 2. The molecule has 1 aromatic rings. The van der Waals surface area contributed by atoms with Crippen molar-refractivity contribution in [3.63, 3.8) is 0 Å². The summed E-state index contributed by atoms with van der Waals surface area (Å²) >= 11 is 0. The van der Waals surface area contributed by atoms with Gasteiger partial charge in [-0.2, -0.15) is 0 Å². The highest BCUT2D eigenvalue weighted by atomic mass is 16.5. The van der Waals surface area contributed by atoms with Crippen LogP contribution < -0.4 is 19.5 Å². The lowest BCUT2D eigenvalue weighted by Crippen LogP contribution is -2.48. The van der Waals surface area contributed by atoms with Crippen LogP contribution in [0.4, 0.5) is 0 Å². The van der Waals surface area contributed by atoms with Gasteiger partial charge in [-0.3, -0.25) is 9.59 Å². The first-order valence-corrected chi connectivity index (χ1v) is 7.44. The molecule has 1 unspecified atom stereocenters. The Morgan fingerprint density at radius 2 is 1.88 bits per heavy atom. The second-order valence-corrected chi connectivity index (χ2v) is 5.33. The molecule has 1 fully saturated rings. The molecule has 1 aliphatic rings. The van der Waals surface area contributed by atoms with E-state index in [2.05, 4.69) is 5.32 Å². The molecule has 0 saturated carbocycles. The van der Waals surface area contributed by atoms with E-state index in [9.17, 15) is 9.59 Å². The second-order valence-electron chi connectivity index (χ2n) is 5.33. The van der Waals surface area contributed by atoms with Crippen molar-refractivity contribution in [3.05, 3.63) is 17.7 Å². The summed E-state index contributed by atoms with van der Waals surface area (Å²) in [6.45, 7) is 0.767. The summed E-state index contributed by atoms with van der Waals surface area (Å²) in [6.07, 6.45) is -0.237. The van der Waals surface area contributed by atoms with E-state index in [0.717, 1.165) is 0 Å². The van der Waals surface area contributed by atoms with Crippen LogP contribution in [0.5, 0.6) is 17.2 Å². The molecule has 1 N–H and O–H groups in total. The highest BCUT2D eigenvalue weighted by Gasteiger charge is 2.24. The molecular formula is C16H22N2O6. The lowest BCUT2D eigenvalue weighted by molar-refractivity contribution is -0.146. The molecule has 0 spiro atoms. The zero-order valence-corrected chi connectivity index (χ0v) is 14.3. The number of likely N-dealkylation sites (N-methyl/N-ethyl adjacent to an activating group) is 1. The molecule has 1 aliphatic heterocycles. The van der Waals surface area contributed by atoms with Gasteiger partial charge in [-0.15, -0.1) is 0 Å². The van der Waals surface area contributed by atoms with Gasteiger partial charge < -0.3 is 29.2 Å². The molecule has 0 aromatic heterocycles. The van der Waals surface area contributed by atoms with Crippen molar-refractivity contribution in [2.24, 2.45) is 0 Å². The molecule has 24 heavy (non-hydrogen) atoms. The number of nitrogens with one attached hydrogen (secondary N) is 1. The Morgan fingerprint density at radius 1 is 1.25 bits per heavy atom. The molecule has 0 aliphatic carbocycles. The maximum absolute atomic E-state index is 12.4. The number of benzene rings is 1. The van der Waals surface area contributed by atoms with Gasteiger partial charge >= 0.3 is 0 Å². The van der Waals surface area contributed by atoms with E-state index in [4.69, 9.17) is 18.9 Å². The first-order chi connectivity index (χ1) is 11.5. The van der Waals surface area contributed by atoms with Crippen molar-refractivity contribution in [3.8, 4) is 17.2 Å². The molecular weight excluding hydrogens is 316 g/mol. The molecule has 0 bridgehead atoms. The fourth-order valence-electron chi connectivity index (χ4n) is 2.40. The topological polar surface area (TPSA) is 86.3 Å². The first-order valence-electron chi connectivity index (χ1n) is 7.44.